The van der Waals surface area contributed by atoms with Gasteiger partial charge in [0, 0.05) is 17.5 Å². The second-order valence-corrected chi connectivity index (χ2v) is 3.85. The number of hydrogen-bond donors (Lipinski definition) is 3. The van der Waals surface area contributed by atoms with Crippen molar-refractivity contribution in [2.75, 3.05) is 18.1 Å². The van der Waals surface area contributed by atoms with E-state index in [4.69, 9.17) is 15.9 Å². The van der Waals surface area contributed by atoms with Crippen molar-refractivity contribution in [2.45, 2.75) is 18.2 Å². The minimum absolute atomic E-state index is 0.256. The molecule has 4 N–H and O–H groups in total. The highest BCUT2D eigenvalue weighted by Gasteiger charge is 2.05. The zero-order valence-corrected chi connectivity index (χ0v) is 8.66. The van der Waals surface area contributed by atoms with Gasteiger partial charge >= 0.3 is 0 Å². The Hall–Kier alpha value is -0.850. The van der Waals surface area contributed by atoms with Crippen LogP contribution < -0.4 is 5.73 Å². The number of nitrogens with two attached hydrogens (primary N) is 1. The van der Waals surface area contributed by atoms with Gasteiger partial charge in [-0.2, -0.15) is 0 Å². The summed E-state index contributed by atoms with van der Waals surface area (Å²) < 4.78 is 0. The number of aliphatic hydroxyl groups excluding tert-OH is 2. The first kappa shape index (κ1) is 11.2. The van der Waals surface area contributed by atoms with Gasteiger partial charge in [-0.05, 0) is 6.92 Å². The third kappa shape index (κ3) is 3.49. The molecular formula is C8H13N3O2S. The number of aryl methyl sites for hydroxylation is 1. The van der Waals surface area contributed by atoms with Crippen molar-refractivity contribution in [3.63, 3.8) is 0 Å². The molecule has 1 rings (SSSR count). The molecule has 78 valence electrons. The predicted octanol–water partition coefficient (Wildman–Crippen LogP) is -0.187. The Labute approximate surface area is 86.4 Å². The lowest BCUT2D eigenvalue weighted by atomic mass is 10.4. The third-order valence-electron chi connectivity index (χ3n) is 1.47. The van der Waals surface area contributed by atoms with Crippen LogP contribution in [0.3, 0.4) is 0 Å². The summed E-state index contributed by atoms with van der Waals surface area (Å²) in [5.74, 6) is 0.776. The number of thioether (sulfide) groups is 1. The number of anilines is 1. The van der Waals surface area contributed by atoms with E-state index in [9.17, 15) is 0 Å². The van der Waals surface area contributed by atoms with Crippen molar-refractivity contribution in [3.05, 3.63) is 11.8 Å². The molecule has 1 aromatic heterocycles. The van der Waals surface area contributed by atoms with Gasteiger partial charge in [-0.3, -0.25) is 0 Å². The zero-order chi connectivity index (χ0) is 10.6. The van der Waals surface area contributed by atoms with Gasteiger partial charge in [-0.1, -0.05) is 11.8 Å². The van der Waals surface area contributed by atoms with Gasteiger partial charge in [-0.25, -0.2) is 9.97 Å². The molecule has 1 unspecified atom stereocenters. The Morgan fingerprint density at radius 3 is 2.86 bits per heavy atom. The van der Waals surface area contributed by atoms with Crippen LogP contribution in [0.5, 0.6) is 0 Å². The standard InChI is InChI=1S/C8H13N3O2S/c1-5-2-7(9)11-8(10-5)14-4-6(13)3-12/h2,6,12-13H,3-4H2,1H3,(H2,9,10,11). The molecule has 0 aromatic carbocycles. The van der Waals surface area contributed by atoms with Gasteiger partial charge in [0.25, 0.3) is 0 Å². The number of aliphatic hydroxyl groups is 2. The van der Waals surface area contributed by atoms with Gasteiger partial charge in [-0.15, -0.1) is 0 Å². The molecule has 0 saturated carbocycles. The van der Waals surface area contributed by atoms with E-state index in [1.165, 1.54) is 11.8 Å². The number of nitrogens with zero attached hydrogens (tertiary/aromatic N) is 2. The molecule has 0 saturated heterocycles. The maximum atomic E-state index is 9.10. The Kier molecular flexibility index (Phi) is 4.12. The van der Waals surface area contributed by atoms with Crippen molar-refractivity contribution in [1.29, 1.82) is 0 Å². The van der Waals surface area contributed by atoms with Crippen molar-refractivity contribution < 1.29 is 10.2 Å². The predicted molar refractivity (Wildman–Crippen MR) is 55.0 cm³/mol. The quantitative estimate of drug-likeness (QED) is 0.476. The molecule has 0 spiro atoms. The molecule has 6 heteroatoms. The number of aromatic nitrogens is 2. The second kappa shape index (κ2) is 5.14. The fraction of sp³-hybridized carbons (Fsp3) is 0.500. The maximum Gasteiger partial charge on any atom is 0.189 e. The van der Waals surface area contributed by atoms with E-state index in [1.54, 1.807) is 6.07 Å². The summed E-state index contributed by atoms with van der Waals surface area (Å²) in [5, 5.41) is 18.2. The first-order valence-corrected chi connectivity index (χ1v) is 5.13. The average molecular weight is 215 g/mol. The SMILES string of the molecule is Cc1cc(N)nc(SCC(O)CO)n1. The summed E-state index contributed by atoms with van der Waals surface area (Å²) in [6.07, 6.45) is -0.745. The minimum Gasteiger partial charge on any atom is -0.394 e. The Morgan fingerprint density at radius 2 is 2.29 bits per heavy atom. The van der Waals surface area contributed by atoms with Crippen LogP contribution >= 0.6 is 11.8 Å². The van der Waals surface area contributed by atoms with E-state index in [1.807, 2.05) is 6.92 Å². The van der Waals surface area contributed by atoms with Crippen LogP contribution in [0, 0.1) is 6.92 Å². The Bertz CT molecular complexity index is 288. The van der Waals surface area contributed by atoms with Gasteiger partial charge in [0.2, 0.25) is 0 Å². The lowest BCUT2D eigenvalue weighted by Gasteiger charge is -2.06. The van der Waals surface area contributed by atoms with E-state index in [-0.39, 0.29) is 6.61 Å². The van der Waals surface area contributed by atoms with Crippen molar-refractivity contribution in [1.82, 2.24) is 9.97 Å². The van der Waals surface area contributed by atoms with E-state index >= 15 is 0 Å². The van der Waals surface area contributed by atoms with E-state index in [2.05, 4.69) is 9.97 Å². The lowest BCUT2D eigenvalue weighted by Crippen LogP contribution is -2.15. The van der Waals surface area contributed by atoms with Gasteiger partial charge in [0.1, 0.15) is 5.82 Å². The first-order chi connectivity index (χ1) is 6.61. The molecule has 14 heavy (non-hydrogen) atoms. The summed E-state index contributed by atoms with van der Waals surface area (Å²) >= 11 is 1.27. The van der Waals surface area contributed by atoms with Crippen LogP contribution in [-0.4, -0.2) is 38.6 Å². The Balaban J connectivity index is 2.58. The van der Waals surface area contributed by atoms with E-state index in [0.717, 1.165) is 5.69 Å². The highest BCUT2D eigenvalue weighted by Crippen LogP contribution is 2.15. The number of nitrogen functional groups attached to an aromatic ring is 1. The Morgan fingerprint density at radius 1 is 1.57 bits per heavy atom. The van der Waals surface area contributed by atoms with Gasteiger partial charge in [0.05, 0.1) is 12.7 Å². The van der Waals surface area contributed by atoms with Gasteiger partial charge < -0.3 is 15.9 Å². The fourth-order valence-electron chi connectivity index (χ4n) is 0.853. The topological polar surface area (TPSA) is 92.3 Å². The molecule has 0 amide bonds. The summed E-state index contributed by atoms with van der Waals surface area (Å²) in [7, 11) is 0. The van der Waals surface area contributed by atoms with Crippen LogP contribution in [0.15, 0.2) is 11.2 Å². The molecule has 0 aliphatic heterocycles. The summed E-state index contributed by atoms with van der Waals surface area (Å²) in [5.41, 5.74) is 6.31. The van der Waals surface area contributed by atoms with Crippen molar-refractivity contribution >= 4 is 17.6 Å². The molecule has 1 heterocycles. The fourth-order valence-corrected chi connectivity index (χ4v) is 1.68. The molecule has 0 aliphatic carbocycles. The van der Waals surface area contributed by atoms with E-state index in [0.29, 0.717) is 16.7 Å². The largest absolute Gasteiger partial charge is 0.394 e. The first-order valence-electron chi connectivity index (χ1n) is 4.14. The second-order valence-electron chi connectivity index (χ2n) is 2.86. The molecule has 1 aromatic rings. The maximum absolute atomic E-state index is 9.10. The molecule has 1 atom stereocenters. The molecule has 0 radical (unpaired) electrons. The molecule has 0 bridgehead atoms. The summed E-state index contributed by atoms with van der Waals surface area (Å²) in [6, 6.07) is 1.67. The smallest absolute Gasteiger partial charge is 0.189 e. The molecule has 0 fully saturated rings. The third-order valence-corrected chi connectivity index (χ3v) is 2.46. The highest BCUT2D eigenvalue weighted by atomic mass is 32.2. The van der Waals surface area contributed by atoms with Crippen LogP contribution in [0.4, 0.5) is 5.82 Å². The number of hydrogen-bond acceptors (Lipinski definition) is 6. The van der Waals surface area contributed by atoms with Crippen LogP contribution in [0.25, 0.3) is 0 Å². The monoisotopic (exact) mass is 215 g/mol. The normalized spacial score (nSPS) is 12.8. The average Bonchev–Trinajstić information content (AvgIpc) is 2.12. The van der Waals surface area contributed by atoms with Crippen LogP contribution in [-0.2, 0) is 0 Å². The molecule has 5 nitrogen and oxygen atoms in total. The molecular weight excluding hydrogens is 202 g/mol. The van der Waals surface area contributed by atoms with Crippen LogP contribution in [0.2, 0.25) is 0 Å². The molecule has 0 aliphatic rings. The van der Waals surface area contributed by atoms with E-state index < -0.39 is 6.10 Å². The van der Waals surface area contributed by atoms with Crippen LogP contribution in [0.1, 0.15) is 5.69 Å². The highest BCUT2D eigenvalue weighted by molar-refractivity contribution is 7.99. The van der Waals surface area contributed by atoms with Gasteiger partial charge in [0.15, 0.2) is 5.16 Å². The lowest BCUT2D eigenvalue weighted by molar-refractivity contribution is 0.113. The minimum atomic E-state index is -0.745. The number of rotatable bonds is 4. The zero-order valence-electron chi connectivity index (χ0n) is 7.84. The summed E-state index contributed by atoms with van der Waals surface area (Å²) in [4.78, 5) is 8.10. The van der Waals surface area contributed by atoms with Crippen molar-refractivity contribution in [3.8, 4) is 0 Å². The van der Waals surface area contributed by atoms with Crippen molar-refractivity contribution in [2.24, 2.45) is 0 Å². The summed E-state index contributed by atoms with van der Waals surface area (Å²) in [6.45, 7) is 1.57.